The predicted octanol–water partition coefficient (Wildman–Crippen LogP) is 2.56. The molecule has 1 aromatic rings. The third-order valence-electron chi connectivity index (χ3n) is 4.72. The first kappa shape index (κ1) is 18.8. The highest BCUT2D eigenvalue weighted by Crippen LogP contribution is 2.48. The molecule has 1 aliphatic heterocycles. The van der Waals surface area contributed by atoms with Crippen molar-refractivity contribution < 1.29 is 28.5 Å². The number of Topliss-reactive ketones (excluding diaryl/α,β-unsaturated/α-hetero) is 1. The van der Waals surface area contributed by atoms with Gasteiger partial charge in [0, 0.05) is 24.0 Å². The zero-order chi connectivity index (χ0) is 19.6. The van der Waals surface area contributed by atoms with E-state index >= 15 is 0 Å². The van der Waals surface area contributed by atoms with Crippen LogP contribution in [0.2, 0.25) is 0 Å². The molecule has 1 heterocycles. The minimum absolute atomic E-state index is 0.0447. The van der Waals surface area contributed by atoms with E-state index in [1.54, 1.807) is 25.1 Å². The van der Waals surface area contributed by atoms with E-state index in [4.69, 9.17) is 24.7 Å². The van der Waals surface area contributed by atoms with Crippen molar-refractivity contribution in [1.82, 2.24) is 0 Å². The van der Waals surface area contributed by atoms with Crippen molar-refractivity contribution in [2.45, 2.75) is 32.1 Å². The summed E-state index contributed by atoms with van der Waals surface area (Å²) in [5.74, 6) is -0.0234. The third kappa shape index (κ3) is 3.25. The molecule has 0 aromatic heterocycles. The molecule has 0 unspecified atom stereocenters. The zero-order valence-electron chi connectivity index (χ0n) is 15.7. The number of rotatable bonds is 5. The second-order valence-electron chi connectivity index (χ2n) is 6.23. The Morgan fingerprint density at radius 1 is 1.26 bits per heavy atom. The van der Waals surface area contributed by atoms with Crippen LogP contribution in [0.3, 0.4) is 0 Å². The molecule has 0 radical (unpaired) electrons. The first-order chi connectivity index (χ1) is 13.0. The van der Waals surface area contributed by atoms with Crippen LogP contribution in [0.5, 0.6) is 11.5 Å². The van der Waals surface area contributed by atoms with Crippen LogP contribution >= 0.6 is 0 Å². The first-order valence-electron chi connectivity index (χ1n) is 8.85. The molecular weight excluding hydrogens is 350 g/mol. The number of carbonyl (C=O) groups is 2. The van der Waals surface area contributed by atoms with Gasteiger partial charge in [-0.1, -0.05) is 12.1 Å². The van der Waals surface area contributed by atoms with E-state index in [1.165, 1.54) is 14.2 Å². The van der Waals surface area contributed by atoms with Crippen LogP contribution in [0.15, 0.2) is 41.0 Å². The van der Waals surface area contributed by atoms with Gasteiger partial charge in [0.2, 0.25) is 5.88 Å². The molecule has 7 nitrogen and oxygen atoms in total. The SMILES string of the molecule is CCOC(=O)C1=C(N)OC2=C(C(=O)CCC2)[C@@H]1c1cccc(OC)c1OC. The largest absolute Gasteiger partial charge is 0.493 e. The number of allylic oxidation sites excluding steroid dienone is 2. The molecule has 0 spiro atoms. The number of benzene rings is 1. The van der Waals surface area contributed by atoms with Crippen LogP contribution in [0.4, 0.5) is 0 Å². The van der Waals surface area contributed by atoms with Gasteiger partial charge in [0.25, 0.3) is 0 Å². The van der Waals surface area contributed by atoms with Crippen LogP contribution in [-0.2, 0) is 19.1 Å². The molecule has 3 rings (SSSR count). The Hall–Kier alpha value is -2.96. The molecule has 0 saturated carbocycles. The molecule has 0 fully saturated rings. The highest BCUT2D eigenvalue weighted by Gasteiger charge is 2.42. The standard InChI is InChI=1S/C20H23NO6/c1-4-26-20(23)17-15(11-7-5-10-14(24-2)18(11)25-3)16-12(22)8-6-9-13(16)27-19(17)21/h5,7,10,15H,4,6,8-9,21H2,1-3H3/t15-/m0/s1. The molecule has 0 amide bonds. The lowest BCUT2D eigenvalue weighted by molar-refractivity contribution is -0.139. The Morgan fingerprint density at radius 3 is 2.70 bits per heavy atom. The Balaban J connectivity index is 2.25. The average Bonchev–Trinajstić information content (AvgIpc) is 2.66. The molecule has 1 aromatic carbocycles. The first-order valence-corrected chi connectivity index (χ1v) is 8.85. The second-order valence-corrected chi connectivity index (χ2v) is 6.23. The maximum Gasteiger partial charge on any atom is 0.340 e. The number of carbonyl (C=O) groups excluding carboxylic acids is 2. The van der Waals surface area contributed by atoms with Crippen molar-refractivity contribution in [3.63, 3.8) is 0 Å². The fourth-order valence-electron chi connectivity index (χ4n) is 3.61. The van der Waals surface area contributed by atoms with Crippen LogP contribution in [0.25, 0.3) is 0 Å². The lowest BCUT2D eigenvalue weighted by Crippen LogP contribution is -2.31. The lowest BCUT2D eigenvalue weighted by Gasteiger charge is -2.33. The van der Waals surface area contributed by atoms with Crippen LogP contribution in [0.1, 0.15) is 37.7 Å². The molecule has 144 valence electrons. The molecule has 2 aliphatic rings. The number of para-hydroxylation sites is 1. The fourth-order valence-corrected chi connectivity index (χ4v) is 3.61. The van der Waals surface area contributed by atoms with E-state index in [-0.39, 0.29) is 23.8 Å². The highest BCUT2D eigenvalue weighted by atomic mass is 16.5. The summed E-state index contributed by atoms with van der Waals surface area (Å²) in [5.41, 5.74) is 7.24. The van der Waals surface area contributed by atoms with Crippen molar-refractivity contribution in [1.29, 1.82) is 0 Å². The molecule has 0 saturated heterocycles. The fraction of sp³-hybridized carbons (Fsp3) is 0.400. The number of esters is 1. The quantitative estimate of drug-likeness (QED) is 0.792. The molecule has 1 atom stereocenters. The molecule has 0 bridgehead atoms. The van der Waals surface area contributed by atoms with Crippen molar-refractivity contribution in [3.05, 3.63) is 46.6 Å². The number of hydrogen-bond acceptors (Lipinski definition) is 7. The minimum Gasteiger partial charge on any atom is -0.493 e. The van der Waals surface area contributed by atoms with E-state index in [2.05, 4.69) is 0 Å². The Kier molecular flexibility index (Phi) is 5.39. The highest BCUT2D eigenvalue weighted by molar-refractivity contribution is 6.03. The average molecular weight is 373 g/mol. The van der Waals surface area contributed by atoms with Gasteiger partial charge in [-0.2, -0.15) is 0 Å². The van der Waals surface area contributed by atoms with Gasteiger partial charge in [-0.3, -0.25) is 4.79 Å². The van der Waals surface area contributed by atoms with Crippen molar-refractivity contribution >= 4 is 11.8 Å². The van der Waals surface area contributed by atoms with Gasteiger partial charge in [0.05, 0.1) is 26.7 Å². The second kappa shape index (κ2) is 7.73. The molecule has 2 N–H and O–H groups in total. The van der Waals surface area contributed by atoms with Gasteiger partial charge in [0.15, 0.2) is 17.3 Å². The van der Waals surface area contributed by atoms with Gasteiger partial charge >= 0.3 is 5.97 Å². The maximum absolute atomic E-state index is 12.8. The van der Waals surface area contributed by atoms with Gasteiger partial charge in [-0.15, -0.1) is 0 Å². The summed E-state index contributed by atoms with van der Waals surface area (Å²) in [6.45, 7) is 1.88. The molecule has 1 aliphatic carbocycles. The number of ether oxygens (including phenoxy) is 4. The normalized spacial score (nSPS) is 19.4. The van der Waals surface area contributed by atoms with Gasteiger partial charge < -0.3 is 24.7 Å². The van der Waals surface area contributed by atoms with E-state index in [9.17, 15) is 9.59 Å². The summed E-state index contributed by atoms with van der Waals surface area (Å²) in [6, 6.07) is 5.31. The molecular formula is C20H23NO6. The Labute approximate surface area is 157 Å². The number of ketones is 1. The van der Waals surface area contributed by atoms with E-state index in [1.807, 2.05) is 0 Å². The summed E-state index contributed by atoms with van der Waals surface area (Å²) in [4.78, 5) is 25.5. The van der Waals surface area contributed by atoms with Crippen molar-refractivity contribution in [3.8, 4) is 11.5 Å². The van der Waals surface area contributed by atoms with Crippen molar-refractivity contribution in [2.75, 3.05) is 20.8 Å². The smallest absolute Gasteiger partial charge is 0.340 e. The lowest BCUT2D eigenvalue weighted by atomic mass is 9.77. The zero-order valence-corrected chi connectivity index (χ0v) is 15.7. The third-order valence-corrected chi connectivity index (χ3v) is 4.72. The summed E-state index contributed by atoms with van der Waals surface area (Å²) >= 11 is 0. The van der Waals surface area contributed by atoms with Crippen LogP contribution in [0, 0.1) is 0 Å². The van der Waals surface area contributed by atoms with E-state index in [0.29, 0.717) is 47.7 Å². The van der Waals surface area contributed by atoms with Gasteiger partial charge in [-0.05, 0) is 19.4 Å². The number of hydrogen-bond donors (Lipinski definition) is 1. The van der Waals surface area contributed by atoms with Crippen LogP contribution < -0.4 is 15.2 Å². The minimum atomic E-state index is -0.731. The van der Waals surface area contributed by atoms with Crippen LogP contribution in [-0.4, -0.2) is 32.6 Å². The maximum atomic E-state index is 12.8. The topological polar surface area (TPSA) is 97.1 Å². The summed E-state index contributed by atoms with van der Waals surface area (Å²) < 4.78 is 21.8. The predicted molar refractivity (Wildman–Crippen MR) is 97.1 cm³/mol. The summed E-state index contributed by atoms with van der Waals surface area (Å²) in [7, 11) is 3.04. The number of nitrogens with two attached hydrogens (primary N) is 1. The van der Waals surface area contributed by atoms with E-state index in [0.717, 1.165) is 0 Å². The number of methoxy groups -OCH3 is 2. The summed E-state index contributed by atoms with van der Waals surface area (Å²) in [5, 5.41) is 0. The van der Waals surface area contributed by atoms with Gasteiger partial charge in [0.1, 0.15) is 11.3 Å². The monoisotopic (exact) mass is 373 g/mol. The van der Waals surface area contributed by atoms with Crippen molar-refractivity contribution in [2.24, 2.45) is 5.73 Å². The molecule has 7 heteroatoms. The van der Waals surface area contributed by atoms with E-state index < -0.39 is 11.9 Å². The molecule has 27 heavy (non-hydrogen) atoms. The van der Waals surface area contributed by atoms with Gasteiger partial charge in [-0.25, -0.2) is 4.79 Å². The Bertz CT molecular complexity index is 839. The summed E-state index contributed by atoms with van der Waals surface area (Å²) in [6.07, 6.45) is 1.66. The Morgan fingerprint density at radius 2 is 2.04 bits per heavy atom.